The molecule has 5 rings (SSSR count). The number of phenolic OH excluding ortho intramolecular Hbond substituents is 1. The molecule has 1 heterocycles. The molecule has 0 amide bonds. The molecule has 1 N–H and O–H groups in total. The van der Waals surface area contributed by atoms with Gasteiger partial charge in [-0.2, -0.15) is 0 Å². The van der Waals surface area contributed by atoms with Gasteiger partial charge in [0.1, 0.15) is 23.2 Å². The number of pyridine rings is 1. The first-order chi connectivity index (χ1) is 19.2. The molecular weight excluding hydrogens is 504 g/mol. The number of benzene rings is 3. The van der Waals surface area contributed by atoms with Gasteiger partial charge in [-0.3, -0.25) is 9.78 Å². The van der Waals surface area contributed by atoms with Gasteiger partial charge in [0.05, 0.1) is 5.69 Å². The molecule has 1 aromatic heterocycles. The smallest absolute Gasteiger partial charge is 0.137 e. The van der Waals surface area contributed by atoms with Crippen molar-refractivity contribution in [1.82, 2.24) is 4.98 Å². The molecule has 0 bridgehead atoms. The van der Waals surface area contributed by atoms with E-state index >= 15 is 0 Å². The molecule has 0 fully saturated rings. The number of ketones is 1. The number of aromatic hydroxyl groups is 1. The Hall–Kier alpha value is -4.12. The highest BCUT2D eigenvalue weighted by atomic mass is 19.1. The molecule has 1 aliphatic rings. The van der Waals surface area contributed by atoms with E-state index in [0.29, 0.717) is 5.56 Å². The summed E-state index contributed by atoms with van der Waals surface area (Å²) < 4.78 is 28.3. The van der Waals surface area contributed by atoms with Crippen molar-refractivity contribution >= 4 is 11.4 Å². The molecule has 0 saturated heterocycles. The van der Waals surface area contributed by atoms with Crippen molar-refractivity contribution in [3.05, 3.63) is 124 Å². The van der Waals surface area contributed by atoms with E-state index in [-0.39, 0.29) is 36.7 Å². The topological polar surface area (TPSA) is 50.2 Å². The Bertz CT molecular complexity index is 1580. The van der Waals surface area contributed by atoms with Crippen LogP contribution in [0.2, 0.25) is 0 Å². The molecule has 1 aliphatic carbocycles. The van der Waals surface area contributed by atoms with Crippen molar-refractivity contribution in [2.24, 2.45) is 0 Å². The number of carbonyl (C=O) groups is 1. The third-order valence-electron chi connectivity index (χ3n) is 7.77. The van der Waals surface area contributed by atoms with Crippen molar-refractivity contribution in [2.45, 2.75) is 58.8 Å². The van der Waals surface area contributed by atoms with E-state index in [1.807, 2.05) is 24.3 Å². The molecule has 0 aliphatic heterocycles. The maximum Gasteiger partial charge on any atom is 0.137 e. The first kappa shape index (κ1) is 27.4. The molecule has 3 aromatic carbocycles. The van der Waals surface area contributed by atoms with Crippen molar-refractivity contribution in [3.63, 3.8) is 0 Å². The minimum absolute atomic E-state index is 0.00990. The lowest BCUT2D eigenvalue weighted by molar-refractivity contribution is -0.118. The molecule has 40 heavy (non-hydrogen) atoms. The minimum Gasteiger partial charge on any atom is -0.508 e. The minimum atomic E-state index is -0.643. The molecule has 1 atom stereocenters. The summed E-state index contributed by atoms with van der Waals surface area (Å²) in [7, 11) is 0. The molecule has 0 radical (unpaired) electrons. The number of allylic oxidation sites excluding steroid dienone is 2. The van der Waals surface area contributed by atoms with E-state index in [4.69, 9.17) is 4.98 Å². The third kappa shape index (κ3) is 5.89. The Kier molecular flexibility index (Phi) is 7.92. The number of hydrogen-bond acceptors (Lipinski definition) is 3. The zero-order chi connectivity index (χ0) is 28.4. The normalized spacial score (nSPS) is 13.2. The maximum absolute atomic E-state index is 14.2. The summed E-state index contributed by atoms with van der Waals surface area (Å²) in [4.78, 5) is 18.4. The molecule has 3 nitrogen and oxygen atoms in total. The van der Waals surface area contributed by atoms with Crippen LogP contribution >= 0.6 is 0 Å². The van der Waals surface area contributed by atoms with Crippen LogP contribution in [-0.4, -0.2) is 15.9 Å². The number of nitrogens with zero attached hydrogens (tertiary/aromatic N) is 1. The number of rotatable bonds is 9. The van der Waals surface area contributed by atoms with Crippen LogP contribution in [0.25, 0.3) is 16.7 Å². The zero-order valence-electron chi connectivity index (χ0n) is 23.1. The SMILES string of the molecule is CCc1cc(C)c(-c2cccnc2C(CC(=O)CC2=CCc3ccc(O)cc32)Cc2cc(F)cc(F)c2)c(C)c1. The van der Waals surface area contributed by atoms with Gasteiger partial charge in [0.2, 0.25) is 0 Å². The number of halogens is 2. The van der Waals surface area contributed by atoms with Crippen LogP contribution < -0.4 is 0 Å². The summed E-state index contributed by atoms with van der Waals surface area (Å²) in [6, 6.07) is 17.0. The van der Waals surface area contributed by atoms with Crippen LogP contribution in [0, 0.1) is 25.5 Å². The Morgan fingerprint density at radius 3 is 2.38 bits per heavy atom. The predicted octanol–water partition coefficient (Wildman–Crippen LogP) is 8.23. The Morgan fingerprint density at radius 1 is 0.950 bits per heavy atom. The quantitative estimate of drug-likeness (QED) is 0.234. The lowest BCUT2D eigenvalue weighted by atomic mass is 9.83. The summed E-state index contributed by atoms with van der Waals surface area (Å²) in [5, 5.41) is 9.99. The molecule has 5 heteroatoms. The average molecular weight is 538 g/mol. The van der Waals surface area contributed by atoms with Crippen LogP contribution in [0.3, 0.4) is 0 Å². The summed E-state index contributed by atoms with van der Waals surface area (Å²) in [5.74, 6) is -1.50. The number of phenols is 1. The third-order valence-corrected chi connectivity index (χ3v) is 7.77. The van der Waals surface area contributed by atoms with E-state index in [9.17, 15) is 18.7 Å². The second kappa shape index (κ2) is 11.5. The summed E-state index contributed by atoms with van der Waals surface area (Å²) in [5.41, 5.74) is 9.62. The number of aryl methyl sites for hydroxylation is 3. The fourth-order valence-corrected chi connectivity index (χ4v) is 6.03. The number of Topliss-reactive ketones (excluding diaryl/α,β-unsaturated/α-hetero) is 1. The molecule has 4 aromatic rings. The van der Waals surface area contributed by atoms with Crippen molar-refractivity contribution in [1.29, 1.82) is 0 Å². The monoisotopic (exact) mass is 537 g/mol. The van der Waals surface area contributed by atoms with Gasteiger partial charge in [-0.25, -0.2) is 8.78 Å². The van der Waals surface area contributed by atoms with E-state index in [1.54, 1.807) is 18.3 Å². The van der Waals surface area contributed by atoms with Gasteiger partial charge < -0.3 is 5.11 Å². The number of hydrogen-bond donors (Lipinski definition) is 1. The fraction of sp³-hybridized carbons (Fsp3) is 0.257. The van der Waals surface area contributed by atoms with Gasteiger partial charge in [0.15, 0.2) is 0 Å². The van der Waals surface area contributed by atoms with Gasteiger partial charge in [-0.05, 0) is 108 Å². The van der Waals surface area contributed by atoms with Crippen molar-refractivity contribution in [2.75, 3.05) is 0 Å². The predicted molar refractivity (Wildman–Crippen MR) is 155 cm³/mol. The molecular formula is C35H33F2NO2. The molecule has 0 saturated carbocycles. The van der Waals surface area contributed by atoms with Crippen LogP contribution in [0.1, 0.15) is 64.8 Å². The lowest BCUT2D eigenvalue weighted by Gasteiger charge is -2.22. The van der Waals surface area contributed by atoms with Gasteiger partial charge >= 0.3 is 0 Å². The zero-order valence-corrected chi connectivity index (χ0v) is 23.1. The summed E-state index contributed by atoms with van der Waals surface area (Å²) >= 11 is 0. The summed E-state index contributed by atoms with van der Waals surface area (Å²) in [6.07, 6.45) is 6.06. The second-order valence-corrected chi connectivity index (χ2v) is 10.8. The fourth-order valence-electron chi connectivity index (χ4n) is 6.03. The Labute approximate surface area is 234 Å². The van der Waals surface area contributed by atoms with Crippen molar-refractivity contribution in [3.8, 4) is 16.9 Å². The number of carbonyl (C=O) groups excluding carboxylic acids is 1. The molecule has 204 valence electrons. The second-order valence-electron chi connectivity index (χ2n) is 10.8. The Balaban J connectivity index is 1.52. The van der Waals surface area contributed by atoms with Crippen LogP contribution in [0.15, 0.2) is 72.9 Å². The van der Waals surface area contributed by atoms with Gasteiger partial charge in [-0.15, -0.1) is 0 Å². The van der Waals surface area contributed by atoms with Gasteiger partial charge in [0.25, 0.3) is 0 Å². The highest BCUT2D eigenvalue weighted by Crippen LogP contribution is 2.38. The van der Waals surface area contributed by atoms with E-state index in [0.717, 1.165) is 63.6 Å². The first-order valence-corrected chi connectivity index (χ1v) is 13.7. The van der Waals surface area contributed by atoms with Gasteiger partial charge in [0, 0.05) is 36.6 Å². The number of aromatic nitrogens is 1. The molecule has 0 spiro atoms. The van der Waals surface area contributed by atoms with E-state index in [1.165, 1.54) is 17.7 Å². The van der Waals surface area contributed by atoms with Gasteiger partial charge in [-0.1, -0.05) is 37.3 Å². The van der Waals surface area contributed by atoms with Crippen LogP contribution in [0.5, 0.6) is 5.75 Å². The van der Waals surface area contributed by atoms with Crippen LogP contribution in [-0.2, 0) is 24.1 Å². The number of fused-ring (bicyclic) bond motifs is 1. The Morgan fingerprint density at radius 2 is 1.68 bits per heavy atom. The highest BCUT2D eigenvalue weighted by molar-refractivity contribution is 5.92. The van der Waals surface area contributed by atoms with E-state index < -0.39 is 11.6 Å². The first-order valence-electron chi connectivity index (χ1n) is 13.7. The maximum atomic E-state index is 14.2. The average Bonchev–Trinajstić information content (AvgIpc) is 3.29. The largest absolute Gasteiger partial charge is 0.508 e. The van der Waals surface area contributed by atoms with E-state index in [2.05, 4.69) is 32.9 Å². The van der Waals surface area contributed by atoms with Crippen LogP contribution in [0.4, 0.5) is 8.78 Å². The highest BCUT2D eigenvalue weighted by Gasteiger charge is 2.25. The van der Waals surface area contributed by atoms with Crippen molar-refractivity contribution < 1.29 is 18.7 Å². The standard InChI is InChI=1S/C35H33F2NO2/c1-4-23-12-21(2)34(22(3)13-23)32-6-5-11-38-35(32)27(14-24-15-28(36)19-29(37)16-24)18-31(40)17-26-8-7-25-9-10-30(39)20-33(25)26/h5-6,8-13,15-16,19-20,27,39H,4,7,14,17-18H2,1-3H3. The molecule has 1 unspecified atom stereocenters. The lowest BCUT2D eigenvalue weighted by Crippen LogP contribution is -2.14. The summed E-state index contributed by atoms with van der Waals surface area (Å²) in [6.45, 7) is 6.29.